The standard InChI is InChI=1S/C24H22BF5/c1-11-7-13(3)17(14(4)8-11)25(18-15(5)9-12(2)10-16(18)6)19-20(26)22(28)24(30)23(29)21(19)27/h7-10H,1-6H3. The number of benzene rings is 3. The van der Waals surface area contributed by atoms with Gasteiger partial charge in [-0.2, -0.15) is 0 Å². The summed E-state index contributed by atoms with van der Waals surface area (Å²) in [6.45, 7) is 9.77. The van der Waals surface area contributed by atoms with Crippen LogP contribution in [0.3, 0.4) is 0 Å². The minimum Gasteiger partial charge on any atom is -0.204 e. The molecule has 0 fully saturated rings. The molecule has 0 amide bonds. The van der Waals surface area contributed by atoms with E-state index in [9.17, 15) is 22.0 Å². The van der Waals surface area contributed by atoms with Crippen LogP contribution >= 0.6 is 0 Å². The third kappa shape index (κ3) is 3.53. The van der Waals surface area contributed by atoms with Crippen LogP contribution in [0.15, 0.2) is 24.3 Å². The molecule has 0 spiro atoms. The van der Waals surface area contributed by atoms with Crippen molar-refractivity contribution < 1.29 is 22.0 Å². The molecule has 0 nitrogen and oxygen atoms in total. The molecule has 0 aliphatic heterocycles. The van der Waals surface area contributed by atoms with Crippen molar-refractivity contribution in [2.75, 3.05) is 0 Å². The zero-order chi connectivity index (χ0) is 22.5. The Bertz CT molecular complexity index is 1030. The topological polar surface area (TPSA) is 0 Å². The Balaban J connectivity index is 2.53. The van der Waals surface area contributed by atoms with E-state index in [-0.39, 0.29) is 0 Å². The summed E-state index contributed by atoms with van der Waals surface area (Å²) in [5.74, 6) is -9.61. The minimum absolute atomic E-state index is 0.541. The molecule has 3 rings (SSSR count). The van der Waals surface area contributed by atoms with Crippen molar-refractivity contribution in [2.45, 2.75) is 41.5 Å². The van der Waals surface area contributed by atoms with Crippen molar-refractivity contribution in [3.05, 3.63) is 86.7 Å². The van der Waals surface area contributed by atoms with Crippen LogP contribution in [0.5, 0.6) is 0 Å². The van der Waals surface area contributed by atoms with Gasteiger partial charge in [-0.25, -0.2) is 22.0 Å². The van der Waals surface area contributed by atoms with Gasteiger partial charge in [0, 0.05) is 5.46 Å². The van der Waals surface area contributed by atoms with Crippen molar-refractivity contribution in [1.29, 1.82) is 0 Å². The molecule has 6 heteroatoms. The summed E-state index contributed by atoms with van der Waals surface area (Å²) in [4.78, 5) is 0. The Labute approximate surface area is 173 Å². The van der Waals surface area contributed by atoms with Gasteiger partial charge in [0.25, 0.3) is 6.71 Å². The summed E-state index contributed by atoms with van der Waals surface area (Å²) in [6, 6.07) is 7.39. The summed E-state index contributed by atoms with van der Waals surface area (Å²) in [6.07, 6.45) is 0. The normalized spacial score (nSPS) is 11.2. The van der Waals surface area contributed by atoms with Gasteiger partial charge in [-0.3, -0.25) is 0 Å². The number of hydrogen-bond acceptors (Lipinski definition) is 0. The highest BCUT2D eigenvalue weighted by molar-refractivity contribution is 6.96. The Morgan fingerprint density at radius 1 is 0.433 bits per heavy atom. The Morgan fingerprint density at radius 2 is 0.700 bits per heavy atom. The molecule has 0 bridgehead atoms. The molecule has 0 atom stereocenters. The number of hydrogen-bond donors (Lipinski definition) is 0. The molecule has 0 saturated heterocycles. The molecular formula is C24H22BF5. The molecule has 156 valence electrons. The summed E-state index contributed by atoms with van der Waals surface area (Å²) in [5, 5.41) is 0. The second-order valence-electron chi connectivity index (χ2n) is 8.04. The maximum atomic E-state index is 15.0. The van der Waals surface area contributed by atoms with E-state index in [2.05, 4.69) is 0 Å². The van der Waals surface area contributed by atoms with E-state index < -0.39 is 41.3 Å². The van der Waals surface area contributed by atoms with Crippen LogP contribution in [-0.4, -0.2) is 6.71 Å². The second-order valence-corrected chi connectivity index (χ2v) is 8.04. The van der Waals surface area contributed by atoms with Crippen LogP contribution < -0.4 is 16.4 Å². The Kier molecular flexibility index (Phi) is 5.81. The largest absolute Gasteiger partial charge is 0.250 e. The minimum atomic E-state index is -2.15. The average molecular weight is 416 g/mol. The van der Waals surface area contributed by atoms with Crippen LogP contribution in [-0.2, 0) is 0 Å². The third-order valence-electron chi connectivity index (χ3n) is 5.59. The lowest BCUT2D eigenvalue weighted by Gasteiger charge is -2.25. The smallest absolute Gasteiger partial charge is 0.204 e. The van der Waals surface area contributed by atoms with Gasteiger partial charge in [0.15, 0.2) is 29.1 Å². The van der Waals surface area contributed by atoms with Gasteiger partial charge < -0.3 is 0 Å². The molecule has 0 saturated carbocycles. The van der Waals surface area contributed by atoms with Crippen molar-refractivity contribution in [2.24, 2.45) is 0 Å². The molecule has 0 N–H and O–H groups in total. The zero-order valence-electron chi connectivity index (χ0n) is 17.8. The van der Waals surface area contributed by atoms with Gasteiger partial charge in [-0.05, 0) is 41.5 Å². The van der Waals surface area contributed by atoms with Gasteiger partial charge in [0.2, 0.25) is 0 Å². The van der Waals surface area contributed by atoms with Gasteiger partial charge >= 0.3 is 0 Å². The Morgan fingerprint density at radius 3 is 1.00 bits per heavy atom. The zero-order valence-corrected chi connectivity index (χ0v) is 17.8. The fraction of sp³-hybridized carbons (Fsp3) is 0.250. The number of rotatable bonds is 3. The van der Waals surface area contributed by atoms with Crippen LogP contribution in [0.25, 0.3) is 0 Å². The van der Waals surface area contributed by atoms with Gasteiger partial charge in [0.05, 0.1) is 0 Å². The summed E-state index contributed by atoms with van der Waals surface area (Å²) in [5.41, 5.74) is 5.04. The number of aryl methyl sites for hydroxylation is 6. The average Bonchev–Trinajstić information content (AvgIpc) is 2.63. The van der Waals surface area contributed by atoms with E-state index in [1.165, 1.54) is 0 Å². The van der Waals surface area contributed by atoms with E-state index in [4.69, 9.17) is 0 Å². The quantitative estimate of drug-likeness (QED) is 0.250. The molecule has 3 aromatic carbocycles. The first kappa shape index (κ1) is 22.1. The van der Waals surface area contributed by atoms with Gasteiger partial charge in [0.1, 0.15) is 0 Å². The molecular weight excluding hydrogens is 394 g/mol. The predicted octanol–water partition coefficient (Wildman–Crippen LogP) is 4.75. The van der Waals surface area contributed by atoms with Crippen LogP contribution in [0.2, 0.25) is 0 Å². The SMILES string of the molecule is Cc1cc(C)c(B(c2c(C)cc(C)cc2C)c2c(F)c(F)c(F)c(F)c2F)c(C)c1. The van der Waals surface area contributed by atoms with E-state index in [0.29, 0.717) is 10.9 Å². The highest BCUT2D eigenvalue weighted by atomic mass is 19.2. The molecule has 30 heavy (non-hydrogen) atoms. The first-order valence-electron chi connectivity index (χ1n) is 9.62. The van der Waals surface area contributed by atoms with E-state index >= 15 is 0 Å². The lowest BCUT2D eigenvalue weighted by Crippen LogP contribution is -2.58. The van der Waals surface area contributed by atoms with Crippen molar-refractivity contribution >= 4 is 23.1 Å². The maximum absolute atomic E-state index is 15.0. The Hall–Kier alpha value is -2.63. The molecule has 0 aliphatic carbocycles. The third-order valence-corrected chi connectivity index (χ3v) is 5.59. The molecule has 3 aromatic rings. The summed E-state index contributed by atoms with van der Waals surface area (Å²) < 4.78 is 72.1. The van der Waals surface area contributed by atoms with Crippen molar-refractivity contribution in [3.8, 4) is 0 Å². The molecule has 0 aliphatic rings. The summed E-state index contributed by atoms with van der Waals surface area (Å²) >= 11 is 0. The lowest BCUT2D eigenvalue weighted by atomic mass is 9.34. The molecule has 0 aromatic heterocycles. The van der Waals surface area contributed by atoms with Gasteiger partial charge in [-0.15, -0.1) is 0 Å². The lowest BCUT2D eigenvalue weighted by molar-refractivity contribution is 0.384. The van der Waals surface area contributed by atoms with Crippen LogP contribution in [0.1, 0.15) is 33.4 Å². The molecule has 0 heterocycles. The fourth-order valence-electron chi connectivity index (χ4n) is 4.60. The van der Waals surface area contributed by atoms with Crippen molar-refractivity contribution in [1.82, 2.24) is 0 Å². The number of halogens is 5. The second kappa shape index (κ2) is 7.90. The molecule has 0 unspecified atom stereocenters. The van der Waals surface area contributed by atoms with Gasteiger partial charge in [-0.1, -0.05) is 68.6 Å². The first-order chi connectivity index (χ1) is 14.0. The van der Waals surface area contributed by atoms with Crippen molar-refractivity contribution in [3.63, 3.8) is 0 Å². The van der Waals surface area contributed by atoms with E-state index in [0.717, 1.165) is 33.4 Å². The maximum Gasteiger partial charge on any atom is 0.250 e. The molecule has 0 radical (unpaired) electrons. The monoisotopic (exact) mass is 416 g/mol. The van der Waals surface area contributed by atoms with E-state index in [1.54, 1.807) is 27.7 Å². The van der Waals surface area contributed by atoms with E-state index in [1.807, 2.05) is 38.1 Å². The van der Waals surface area contributed by atoms with Crippen LogP contribution in [0.4, 0.5) is 22.0 Å². The highest BCUT2D eigenvalue weighted by Gasteiger charge is 2.37. The highest BCUT2D eigenvalue weighted by Crippen LogP contribution is 2.20. The first-order valence-corrected chi connectivity index (χ1v) is 9.62. The summed E-state index contributed by atoms with van der Waals surface area (Å²) in [7, 11) is 0. The fourth-order valence-corrected chi connectivity index (χ4v) is 4.60. The predicted molar refractivity (Wildman–Crippen MR) is 112 cm³/mol. The van der Waals surface area contributed by atoms with Crippen LogP contribution in [0, 0.1) is 70.6 Å².